The monoisotopic (exact) mass is 528 g/mol. The number of aromatic nitrogens is 3. The van der Waals surface area contributed by atoms with Gasteiger partial charge in [0.25, 0.3) is 0 Å². The van der Waals surface area contributed by atoms with Gasteiger partial charge in [-0.2, -0.15) is 5.26 Å². The fraction of sp³-hybridized carbons (Fsp3) is 0.414. The fourth-order valence-corrected chi connectivity index (χ4v) is 6.04. The standard InChI is InChI=1S/C29H32N6O4/c1-39-29(38)28-22-15-25(34(18-30)16-20(22)11-12-26(28)36)21-9-5-6-10-23(21)31-27(37)13-14-35-17-24(32-33-35)19-7-3-2-4-8-19/h2-10,17,20,22,25-26,28,36H,11-16H2,1H3,(H,31,37)/t20-,22-,25-,26-,28+/m0/s1. The van der Waals surface area contributed by atoms with Crippen molar-refractivity contribution in [2.45, 2.75) is 44.4 Å². The Morgan fingerprint density at radius 2 is 1.92 bits per heavy atom. The number of esters is 1. The number of aliphatic hydroxyl groups excluding tert-OH is 1. The summed E-state index contributed by atoms with van der Waals surface area (Å²) in [5.41, 5.74) is 3.13. The summed E-state index contributed by atoms with van der Waals surface area (Å²) in [6.45, 7) is 0.856. The van der Waals surface area contributed by atoms with Crippen LogP contribution in [0.4, 0.5) is 5.69 Å². The lowest BCUT2D eigenvalue weighted by Gasteiger charge is -2.48. The van der Waals surface area contributed by atoms with Crippen molar-refractivity contribution >= 4 is 17.6 Å². The van der Waals surface area contributed by atoms with E-state index in [0.717, 1.165) is 23.2 Å². The van der Waals surface area contributed by atoms with E-state index in [1.165, 1.54) is 7.11 Å². The quantitative estimate of drug-likeness (QED) is 0.352. The van der Waals surface area contributed by atoms with Crippen LogP contribution in [0.3, 0.4) is 0 Å². The number of nitrogens with zero attached hydrogens (tertiary/aromatic N) is 5. The van der Waals surface area contributed by atoms with Crippen molar-refractivity contribution < 1.29 is 19.4 Å². The number of benzene rings is 2. The lowest BCUT2D eigenvalue weighted by atomic mass is 9.65. The number of ether oxygens (including phenoxy) is 1. The van der Waals surface area contributed by atoms with Crippen LogP contribution in [0.2, 0.25) is 0 Å². The highest BCUT2D eigenvalue weighted by atomic mass is 16.5. The lowest BCUT2D eigenvalue weighted by molar-refractivity contribution is -0.159. The van der Waals surface area contributed by atoms with Crippen LogP contribution in [0.25, 0.3) is 11.3 Å². The molecule has 2 fully saturated rings. The molecule has 5 rings (SSSR count). The molecule has 2 aromatic carbocycles. The van der Waals surface area contributed by atoms with Crippen LogP contribution < -0.4 is 5.32 Å². The average molecular weight is 529 g/mol. The first-order chi connectivity index (χ1) is 19.0. The Hall–Kier alpha value is -4.23. The van der Waals surface area contributed by atoms with Gasteiger partial charge in [0.05, 0.1) is 37.9 Å². The third kappa shape index (κ3) is 5.64. The second-order valence-electron chi connectivity index (χ2n) is 10.2. The number of hydrogen-bond donors (Lipinski definition) is 2. The first kappa shape index (κ1) is 26.4. The zero-order valence-corrected chi connectivity index (χ0v) is 21.8. The van der Waals surface area contributed by atoms with Crippen LogP contribution in [-0.2, 0) is 20.9 Å². The number of piperidine rings is 1. The summed E-state index contributed by atoms with van der Waals surface area (Å²) in [6.07, 6.45) is 5.33. The number of aliphatic hydroxyl groups is 1. The van der Waals surface area contributed by atoms with E-state index < -0.39 is 18.0 Å². The molecule has 2 aliphatic rings. The van der Waals surface area contributed by atoms with E-state index in [-0.39, 0.29) is 30.2 Å². The van der Waals surface area contributed by atoms with Gasteiger partial charge in [0.15, 0.2) is 6.19 Å². The number of amides is 1. The van der Waals surface area contributed by atoms with E-state index >= 15 is 0 Å². The molecule has 3 aromatic rings. The van der Waals surface area contributed by atoms with E-state index in [4.69, 9.17) is 4.74 Å². The average Bonchev–Trinajstić information content (AvgIpc) is 3.45. The number of carbonyl (C=O) groups is 2. The van der Waals surface area contributed by atoms with Crippen molar-refractivity contribution in [3.63, 3.8) is 0 Å². The minimum Gasteiger partial charge on any atom is -0.469 e. The molecule has 1 saturated carbocycles. The summed E-state index contributed by atoms with van der Waals surface area (Å²) >= 11 is 0. The highest BCUT2D eigenvalue weighted by molar-refractivity contribution is 5.91. The van der Waals surface area contributed by atoms with Crippen LogP contribution in [-0.4, -0.2) is 56.6 Å². The van der Waals surface area contributed by atoms with Gasteiger partial charge in [0, 0.05) is 24.2 Å². The molecule has 39 heavy (non-hydrogen) atoms. The molecule has 0 unspecified atom stereocenters. The van der Waals surface area contributed by atoms with Gasteiger partial charge >= 0.3 is 5.97 Å². The minimum atomic E-state index is -0.762. The predicted molar refractivity (Wildman–Crippen MR) is 143 cm³/mol. The summed E-state index contributed by atoms with van der Waals surface area (Å²) in [6, 6.07) is 16.8. The fourth-order valence-electron chi connectivity index (χ4n) is 6.04. The number of methoxy groups -OCH3 is 1. The Morgan fingerprint density at radius 3 is 2.69 bits per heavy atom. The molecule has 10 nitrogen and oxygen atoms in total. The highest BCUT2D eigenvalue weighted by Crippen LogP contribution is 2.47. The third-order valence-electron chi connectivity index (χ3n) is 7.99. The van der Waals surface area contributed by atoms with Crippen LogP contribution in [0.5, 0.6) is 0 Å². The van der Waals surface area contributed by atoms with E-state index in [2.05, 4.69) is 21.8 Å². The Balaban J connectivity index is 1.29. The number of hydrogen-bond acceptors (Lipinski definition) is 8. The summed E-state index contributed by atoms with van der Waals surface area (Å²) in [5.74, 6) is -1.23. The number of carbonyl (C=O) groups excluding carboxylic acids is 2. The van der Waals surface area contributed by atoms with Gasteiger partial charge < -0.3 is 20.1 Å². The number of nitrogens with one attached hydrogen (secondary N) is 1. The molecule has 0 bridgehead atoms. The molecule has 1 aliphatic carbocycles. The largest absolute Gasteiger partial charge is 0.469 e. The van der Waals surface area contributed by atoms with Crippen LogP contribution in [0.1, 0.15) is 37.3 Å². The number of para-hydroxylation sites is 1. The molecule has 1 amide bonds. The smallest absolute Gasteiger partial charge is 0.311 e. The van der Waals surface area contributed by atoms with Crippen molar-refractivity contribution in [3.05, 3.63) is 66.4 Å². The molecule has 1 saturated heterocycles. The summed E-state index contributed by atoms with van der Waals surface area (Å²) in [5, 5.41) is 32.0. The number of fused-ring (bicyclic) bond motifs is 1. The molecular formula is C29H32N6O4. The van der Waals surface area contributed by atoms with Gasteiger partial charge in [-0.25, -0.2) is 0 Å². The van der Waals surface area contributed by atoms with Crippen molar-refractivity contribution in [2.24, 2.45) is 17.8 Å². The number of likely N-dealkylation sites (tertiary alicyclic amines) is 1. The van der Waals surface area contributed by atoms with Gasteiger partial charge in [-0.1, -0.05) is 53.7 Å². The molecule has 1 aliphatic heterocycles. The number of aryl methyl sites for hydroxylation is 1. The van der Waals surface area contributed by atoms with Crippen molar-refractivity contribution in [3.8, 4) is 17.5 Å². The maximum absolute atomic E-state index is 13.0. The van der Waals surface area contributed by atoms with E-state index in [9.17, 15) is 20.0 Å². The Bertz CT molecular complexity index is 1350. The Morgan fingerprint density at radius 1 is 1.15 bits per heavy atom. The Labute approximate surface area is 227 Å². The Kier molecular flexibility index (Phi) is 7.89. The first-order valence-electron chi connectivity index (χ1n) is 13.2. The summed E-state index contributed by atoms with van der Waals surface area (Å²) in [4.78, 5) is 27.3. The molecule has 2 N–H and O–H groups in total. The molecule has 1 aromatic heterocycles. The third-order valence-corrected chi connectivity index (χ3v) is 7.99. The predicted octanol–water partition coefficient (Wildman–Crippen LogP) is 3.38. The minimum absolute atomic E-state index is 0.110. The van der Waals surface area contributed by atoms with Crippen LogP contribution in [0.15, 0.2) is 60.8 Å². The second kappa shape index (κ2) is 11.7. The number of anilines is 1. The SMILES string of the molecule is COC(=O)[C@@H]1[C@H]2C[C@@H](c3ccccc3NC(=O)CCn3cc(-c4ccccc4)nn3)N(C#N)C[C@@H]2CC[C@@H]1O. The molecule has 0 spiro atoms. The molecule has 202 valence electrons. The van der Waals surface area contributed by atoms with Crippen molar-refractivity contribution in [2.75, 3.05) is 19.0 Å². The van der Waals surface area contributed by atoms with Crippen molar-refractivity contribution in [1.82, 2.24) is 19.9 Å². The molecule has 5 atom stereocenters. The number of nitriles is 1. The maximum Gasteiger partial charge on any atom is 0.311 e. The zero-order chi connectivity index (χ0) is 27.4. The molecule has 0 radical (unpaired) electrons. The maximum atomic E-state index is 13.0. The topological polar surface area (TPSA) is 133 Å². The second-order valence-corrected chi connectivity index (χ2v) is 10.2. The lowest BCUT2D eigenvalue weighted by Crippen LogP contribution is -2.51. The van der Waals surface area contributed by atoms with Crippen molar-refractivity contribution in [1.29, 1.82) is 5.26 Å². The normalized spacial score (nSPS) is 24.3. The van der Waals surface area contributed by atoms with Gasteiger partial charge in [0.1, 0.15) is 5.69 Å². The first-order valence-corrected chi connectivity index (χ1v) is 13.2. The van der Waals surface area contributed by atoms with E-state index in [1.807, 2.05) is 60.8 Å². The van der Waals surface area contributed by atoms with Gasteiger partial charge in [-0.15, -0.1) is 5.10 Å². The zero-order valence-electron chi connectivity index (χ0n) is 21.8. The van der Waals surface area contributed by atoms with Gasteiger partial charge in [-0.05, 0) is 42.7 Å². The highest BCUT2D eigenvalue weighted by Gasteiger charge is 2.48. The van der Waals surface area contributed by atoms with E-state index in [1.54, 1.807) is 9.58 Å². The molecule has 10 heteroatoms. The molecular weight excluding hydrogens is 496 g/mol. The summed E-state index contributed by atoms with van der Waals surface area (Å²) in [7, 11) is 1.34. The van der Waals surface area contributed by atoms with Gasteiger partial charge in [0.2, 0.25) is 5.91 Å². The molecule has 2 heterocycles. The van der Waals surface area contributed by atoms with Crippen LogP contribution in [0, 0.1) is 29.2 Å². The number of rotatable bonds is 7. The van der Waals surface area contributed by atoms with E-state index in [0.29, 0.717) is 31.6 Å². The van der Waals surface area contributed by atoms with Gasteiger partial charge in [-0.3, -0.25) is 14.3 Å². The van der Waals surface area contributed by atoms with Crippen LogP contribution >= 0.6 is 0 Å². The summed E-state index contributed by atoms with van der Waals surface area (Å²) < 4.78 is 6.67.